The lowest BCUT2D eigenvalue weighted by Crippen LogP contribution is -2.34. The smallest absolute Gasteiger partial charge is 0.239 e. The molecule has 0 aliphatic heterocycles. The first-order valence-electron chi connectivity index (χ1n) is 5.80. The largest absolute Gasteiger partial charge is 0.380 e. The van der Waals surface area contributed by atoms with Crippen LogP contribution in [0.3, 0.4) is 0 Å². The van der Waals surface area contributed by atoms with Crippen LogP contribution in [-0.2, 0) is 16.1 Å². The van der Waals surface area contributed by atoms with Crippen molar-refractivity contribution in [3.8, 4) is 0 Å². The summed E-state index contributed by atoms with van der Waals surface area (Å²) in [5.74, 6) is -0.359. The molecule has 17 heavy (non-hydrogen) atoms. The average Bonchev–Trinajstić information content (AvgIpc) is 2.31. The van der Waals surface area contributed by atoms with Crippen molar-refractivity contribution in [2.45, 2.75) is 26.0 Å². The Morgan fingerprint density at radius 1 is 1.47 bits per heavy atom. The molecule has 0 saturated heterocycles. The molecule has 0 aromatic heterocycles. The third kappa shape index (κ3) is 3.84. The van der Waals surface area contributed by atoms with E-state index in [1.807, 2.05) is 31.2 Å². The highest BCUT2D eigenvalue weighted by atomic mass is 16.5. The molecule has 0 fully saturated rings. The standard InChI is InChI=1S/C13H20N2O2/c1-3-8-15-12(13(14)16)11-7-5-4-6-10(11)9-17-2/h4-7,12,15H,3,8-9H2,1-2H3,(H2,14,16). The molecular formula is C13H20N2O2. The van der Waals surface area contributed by atoms with E-state index < -0.39 is 6.04 Å². The molecule has 0 saturated carbocycles. The summed E-state index contributed by atoms with van der Waals surface area (Å²) in [7, 11) is 1.63. The molecule has 0 radical (unpaired) electrons. The van der Waals surface area contributed by atoms with Gasteiger partial charge in [-0.15, -0.1) is 0 Å². The Labute approximate surface area is 102 Å². The number of methoxy groups -OCH3 is 1. The van der Waals surface area contributed by atoms with Crippen LogP contribution in [0.2, 0.25) is 0 Å². The molecule has 0 heterocycles. The molecule has 94 valence electrons. The van der Waals surface area contributed by atoms with E-state index in [4.69, 9.17) is 10.5 Å². The van der Waals surface area contributed by atoms with Crippen LogP contribution >= 0.6 is 0 Å². The van der Waals surface area contributed by atoms with E-state index in [1.165, 1.54) is 0 Å². The number of amides is 1. The van der Waals surface area contributed by atoms with Gasteiger partial charge in [0.1, 0.15) is 6.04 Å². The number of ether oxygens (including phenoxy) is 1. The molecule has 0 spiro atoms. The van der Waals surface area contributed by atoms with Crippen molar-refractivity contribution in [2.24, 2.45) is 5.73 Å². The minimum atomic E-state index is -0.443. The number of primary amides is 1. The van der Waals surface area contributed by atoms with Gasteiger partial charge in [-0.3, -0.25) is 4.79 Å². The van der Waals surface area contributed by atoms with Gasteiger partial charge in [0.2, 0.25) is 5.91 Å². The van der Waals surface area contributed by atoms with Crippen molar-refractivity contribution < 1.29 is 9.53 Å². The molecule has 1 aromatic rings. The van der Waals surface area contributed by atoms with Crippen LogP contribution in [0.4, 0.5) is 0 Å². The van der Waals surface area contributed by atoms with Crippen LogP contribution in [0.1, 0.15) is 30.5 Å². The summed E-state index contributed by atoms with van der Waals surface area (Å²) in [6.45, 7) is 3.29. The second-order valence-electron chi connectivity index (χ2n) is 3.92. The molecule has 1 amide bonds. The lowest BCUT2D eigenvalue weighted by Gasteiger charge is -2.18. The molecule has 0 aliphatic carbocycles. The van der Waals surface area contributed by atoms with E-state index in [-0.39, 0.29) is 5.91 Å². The molecule has 3 N–H and O–H groups in total. The summed E-state index contributed by atoms with van der Waals surface area (Å²) in [6.07, 6.45) is 0.955. The summed E-state index contributed by atoms with van der Waals surface area (Å²) in [5.41, 5.74) is 7.32. The minimum Gasteiger partial charge on any atom is -0.380 e. The summed E-state index contributed by atoms with van der Waals surface area (Å²) >= 11 is 0. The fourth-order valence-corrected chi connectivity index (χ4v) is 1.76. The first kappa shape index (κ1) is 13.7. The Hall–Kier alpha value is -1.39. The van der Waals surface area contributed by atoms with Gasteiger partial charge in [0.25, 0.3) is 0 Å². The molecule has 0 aliphatic rings. The molecular weight excluding hydrogens is 216 g/mol. The third-order valence-electron chi connectivity index (χ3n) is 2.55. The topological polar surface area (TPSA) is 64.3 Å². The van der Waals surface area contributed by atoms with Crippen molar-refractivity contribution >= 4 is 5.91 Å². The van der Waals surface area contributed by atoms with Gasteiger partial charge in [-0.1, -0.05) is 31.2 Å². The maximum absolute atomic E-state index is 11.5. The van der Waals surface area contributed by atoms with Crippen LogP contribution < -0.4 is 11.1 Å². The van der Waals surface area contributed by atoms with Crippen molar-refractivity contribution in [3.05, 3.63) is 35.4 Å². The SMILES string of the molecule is CCCNC(C(N)=O)c1ccccc1COC. The Kier molecular flexibility index (Phi) is 5.66. The molecule has 4 nitrogen and oxygen atoms in total. The second-order valence-corrected chi connectivity index (χ2v) is 3.92. The lowest BCUT2D eigenvalue weighted by atomic mass is 10.00. The number of benzene rings is 1. The molecule has 0 bridgehead atoms. The maximum Gasteiger partial charge on any atom is 0.239 e. The van der Waals surface area contributed by atoms with Crippen molar-refractivity contribution in [3.63, 3.8) is 0 Å². The molecule has 1 aromatic carbocycles. The highest BCUT2D eigenvalue weighted by molar-refractivity contribution is 5.81. The average molecular weight is 236 g/mol. The maximum atomic E-state index is 11.5. The first-order valence-corrected chi connectivity index (χ1v) is 5.80. The number of rotatable bonds is 7. The van der Waals surface area contributed by atoms with Gasteiger partial charge < -0.3 is 15.8 Å². The highest BCUT2D eigenvalue weighted by Gasteiger charge is 2.19. The normalized spacial score (nSPS) is 12.4. The summed E-state index contributed by atoms with van der Waals surface area (Å²) in [4.78, 5) is 11.5. The van der Waals surface area contributed by atoms with Gasteiger partial charge in [-0.25, -0.2) is 0 Å². The van der Waals surface area contributed by atoms with E-state index in [0.717, 1.165) is 24.1 Å². The van der Waals surface area contributed by atoms with Crippen LogP contribution in [-0.4, -0.2) is 19.6 Å². The van der Waals surface area contributed by atoms with E-state index in [0.29, 0.717) is 6.61 Å². The van der Waals surface area contributed by atoms with Crippen molar-refractivity contribution in [1.82, 2.24) is 5.32 Å². The Morgan fingerprint density at radius 2 is 2.18 bits per heavy atom. The van der Waals surface area contributed by atoms with Gasteiger partial charge in [-0.05, 0) is 24.1 Å². The van der Waals surface area contributed by atoms with Gasteiger partial charge >= 0.3 is 0 Å². The molecule has 1 unspecified atom stereocenters. The first-order chi connectivity index (χ1) is 8.20. The van der Waals surface area contributed by atoms with E-state index >= 15 is 0 Å². The van der Waals surface area contributed by atoms with E-state index in [1.54, 1.807) is 7.11 Å². The monoisotopic (exact) mass is 236 g/mol. The predicted molar refractivity (Wildman–Crippen MR) is 67.4 cm³/mol. The zero-order valence-electron chi connectivity index (χ0n) is 10.4. The van der Waals surface area contributed by atoms with Gasteiger partial charge in [-0.2, -0.15) is 0 Å². The fourth-order valence-electron chi connectivity index (χ4n) is 1.76. The third-order valence-corrected chi connectivity index (χ3v) is 2.55. The fraction of sp³-hybridized carbons (Fsp3) is 0.462. The van der Waals surface area contributed by atoms with Crippen molar-refractivity contribution in [1.29, 1.82) is 0 Å². The van der Waals surface area contributed by atoms with Crippen LogP contribution in [0, 0.1) is 0 Å². The van der Waals surface area contributed by atoms with Gasteiger partial charge in [0, 0.05) is 7.11 Å². The second kappa shape index (κ2) is 7.04. The number of carbonyl (C=O) groups excluding carboxylic acids is 1. The molecule has 4 heteroatoms. The van der Waals surface area contributed by atoms with Crippen molar-refractivity contribution in [2.75, 3.05) is 13.7 Å². The molecule has 1 atom stereocenters. The number of hydrogen-bond acceptors (Lipinski definition) is 3. The van der Waals surface area contributed by atoms with E-state index in [9.17, 15) is 4.79 Å². The Balaban J connectivity index is 2.95. The minimum absolute atomic E-state index is 0.359. The zero-order chi connectivity index (χ0) is 12.7. The number of nitrogens with one attached hydrogen (secondary N) is 1. The van der Waals surface area contributed by atoms with E-state index in [2.05, 4.69) is 5.32 Å². The van der Waals surface area contributed by atoms with Crippen LogP contribution in [0.15, 0.2) is 24.3 Å². The number of carbonyl (C=O) groups is 1. The van der Waals surface area contributed by atoms with Gasteiger partial charge in [0.15, 0.2) is 0 Å². The zero-order valence-corrected chi connectivity index (χ0v) is 10.4. The van der Waals surface area contributed by atoms with Crippen LogP contribution in [0.25, 0.3) is 0 Å². The summed E-state index contributed by atoms with van der Waals surface area (Å²) in [6, 6.07) is 7.24. The predicted octanol–water partition coefficient (Wildman–Crippen LogP) is 1.36. The quantitative estimate of drug-likeness (QED) is 0.751. The molecule has 1 rings (SSSR count). The Bertz CT molecular complexity index is 366. The summed E-state index contributed by atoms with van der Waals surface area (Å²) < 4.78 is 5.12. The highest BCUT2D eigenvalue weighted by Crippen LogP contribution is 2.18. The summed E-state index contributed by atoms with van der Waals surface area (Å²) in [5, 5.41) is 3.15. The lowest BCUT2D eigenvalue weighted by molar-refractivity contribution is -0.120. The van der Waals surface area contributed by atoms with Crippen LogP contribution in [0.5, 0.6) is 0 Å². The number of nitrogens with two attached hydrogens (primary N) is 1. The number of hydrogen-bond donors (Lipinski definition) is 2. The van der Waals surface area contributed by atoms with Gasteiger partial charge in [0.05, 0.1) is 6.61 Å². The Morgan fingerprint density at radius 3 is 2.76 bits per heavy atom.